The lowest BCUT2D eigenvalue weighted by atomic mass is 10.1. The van der Waals surface area contributed by atoms with Gasteiger partial charge in [0.05, 0.1) is 17.8 Å². The largest absolute Gasteiger partial charge is 0.509 e. The van der Waals surface area contributed by atoms with Crippen molar-refractivity contribution in [3.63, 3.8) is 0 Å². The van der Waals surface area contributed by atoms with Crippen LogP contribution in [0.15, 0.2) is 34.5 Å². The van der Waals surface area contributed by atoms with Gasteiger partial charge in [-0.05, 0) is 31.9 Å². The maximum absolute atomic E-state index is 10.6. The molecular formula is C19H21BrN4OS. The van der Waals surface area contributed by atoms with Crippen molar-refractivity contribution >= 4 is 38.7 Å². The molecule has 0 bridgehead atoms. The van der Waals surface area contributed by atoms with E-state index in [4.69, 9.17) is 10.4 Å². The maximum Gasteiger partial charge on any atom is 0.149 e. The Bertz CT molecular complexity index is 868. The van der Waals surface area contributed by atoms with Crippen LogP contribution in [0.3, 0.4) is 0 Å². The number of nitrogens with zero attached hydrogens (tertiary/aromatic N) is 3. The van der Waals surface area contributed by atoms with Gasteiger partial charge in [-0.15, -0.1) is 11.3 Å². The van der Waals surface area contributed by atoms with E-state index in [1.54, 1.807) is 11.3 Å². The van der Waals surface area contributed by atoms with E-state index in [2.05, 4.69) is 20.9 Å². The Kier molecular flexibility index (Phi) is 4.86. The predicted molar refractivity (Wildman–Crippen MR) is 109 cm³/mol. The Balaban J connectivity index is 1.63. The molecule has 2 aliphatic heterocycles. The molecule has 26 heavy (non-hydrogen) atoms. The first-order valence-corrected chi connectivity index (χ1v) is 10.4. The minimum absolute atomic E-state index is 0.247. The molecule has 1 aromatic carbocycles. The van der Waals surface area contributed by atoms with Gasteiger partial charge in [0.25, 0.3) is 0 Å². The number of nitrogens with one attached hydrogen (secondary N) is 1. The zero-order chi connectivity index (χ0) is 18.3. The molecule has 2 N–H and O–H groups in total. The zero-order valence-corrected chi connectivity index (χ0v) is 17.0. The highest BCUT2D eigenvalue weighted by atomic mass is 79.9. The number of piperidine rings is 1. The molecule has 0 radical (unpaired) electrons. The van der Waals surface area contributed by atoms with Crippen LogP contribution in [-0.4, -0.2) is 45.6 Å². The first-order chi connectivity index (χ1) is 12.5. The molecule has 5 nitrogen and oxygen atoms in total. The lowest BCUT2D eigenvalue weighted by molar-refractivity contribution is 0.0312. The topological polar surface area (TPSA) is 63.5 Å². The van der Waals surface area contributed by atoms with E-state index in [0.717, 1.165) is 51.5 Å². The lowest BCUT2D eigenvalue weighted by Gasteiger charge is -2.35. The number of hydrazine groups is 1. The number of aliphatic hydroxyl groups excluding tert-OH is 1. The summed E-state index contributed by atoms with van der Waals surface area (Å²) in [5, 5.41) is 24.0. The van der Waals surface area contributed by atoms with Crippen LogP contribution >= 0.6 is 27.3 Å². The van der Waals surface area contributed by atoms with E-state index in [1.165, 1.54) is 6.42 Å². The second-order valence-electron chi connectivity index (χ2n) is 6.67. The lowest BCUT2D eigenvalue weighted by Crippen LogP contribution is -2.46. The van der Waals surface area contributed by atoms with Gasteiger partial charge < -0.3 is 5.11 Å². The van der Waals surface area contributed by atoms with Gasteiger partial charge in [-0.25, -0.2) is 9.99 Å². The number of hydrogen-bond acceptors (Lipinski definition) is 5. The molecule has 0 saturated carbocycles. The summed E-state index contributed by atoms with van der Waals surface area (Å²) in [6, 6.07) is 8.06. The van der Waals surface area contributed by atoms with Crippen molar-refractivity contribution in [1.82, 2.24) is 15.0 Å². The van der Waals surface area contributed by atoms with Gasteiger partial charge in [0.1, 0.15) is 16.6 Å². The van der Waals surface area contributed by atoms with E-state index in [0.29, 0.717) is 18.0 Å². The number of aryl methyl sites for hydroxylation is 1. The number of aliphatic hydroxyl groups is 1. The monoisotopic (exact) mass is 432 g/mol. The molecule has 1 fully saturated rings. The quantitative estimate of drug-likeness (QED) is 0.727. The average Bonchev–Trinajstić information content (AvgIpc) is 3.16. The molecule has 0 amide bonds. The fourth-order valence-corrected chi connectivity index (χ4v) is 4.80. The Hall–Kier alpha value is -1.70. The molecular weight excluding hydrogens is 412 g/mol. The Morgan fingerprint density at radius 2 is 1.85 bits per heavy atom. The highest BCUT2D eigenvalue weighted by molar-refractivity contribution is 9.10. The number of benzene rings is 1. The molecule has 7 heteroatoms. The molecule has 3 heterocycles. The maximum atomic E-state index is 10.6. The number of hydrogen-bond donors (Lipinski definition) is 2. The first-order valence-electron chi connectivity index (χ1n) is 8.82. The van der Waals surface area contributed by atoms with Crippen molar-refractivity contribution in [1.29, 1.82) is 5.41 Å². The van der Waals surface area contributed by atoms with Crippen LogP contribution in [0, 0.1) is 12.3 Å². The summed E-state index contributed by atoms with van der Waals surface area (Å²) in [6.07, 6.45) is 3.53. The molecule has 0 aliphatic carbocycles. The molecule has 2 aromatic rings. The molecule has 2 aliphatic rings. The Morgan fingerprint density at radius 1 is 1.15 bits per heavy atom. The highest BCUT2D eigenvalue weighted by Gasteiger charge is 2.34. The van der Waals surface area contributed by atoms with Gasteiger partial charge in [0, 0.05) is 28.0 Å². The second kappa shape index (κ2) is 7.13. The van der Waals surface area contributed by atoms with Gasteiger partial charge in [-0.1, -0.05) is 34.5 Å². The summed E-state index contributed by atoms with van der Waals surface area (Å²) < 4.78 is 1.03. The summed E-state index contributed by atoms with van der Waals surface area (Å²) >= 11 is 5.00. The van der Waals surface area contributed by atoms with Gasteiger partial charge in [-0.3, -0.25) is 10.4 Å². The number of thiazole rings is 1. The number of halogens is 1. The van der Waals surface area contributed by atoms with Gasteiger partial charge in [-0.2, -0.15) is 0 Å². The summed E-state index contributed by atoms with van der Waals surface area (Å²) in [6.45, 7) is 4.31. The summed E-state index contributed by atoms with van der Waals surface area (Å²) in [4.78, 5) is 5.86. The second-order valence-corrected chi connectivity index (χ2v) is 8.79. The summed E-state index contributed by atoms with van der Waals surface area (Å²) in [5.74, 6) is 0.609. The molecule has 1 aromatic heterocycles. The van der Waals surface area contributed by atoms with Gasteiger partial charge in [0.15, 0.2) is 0 Å². The van der Waals surface area contributed by atoms with Crippen LogP contribution in [-0.2, 0) is 0 Å². The third kappa shape index (κ3) is 3.19. The molecule has 0 atom stereocenters. The number of amidine groups is 1. The van der Waals surface area contributed by atoms with Crippen LogP contribution in [0.2, 0.25) is 0 Å². The standard InChI is InChI=1S/C19H21BrN4OS/c1-12-17(13-5-7-14(20)8-6-13)22-19(26-12)16-15(25)11-24(18(16)21)23-9-3-2-4-10-23/h5-8,21,25H,2-4,9-11H2,1H3. The van der Waals surface area contributed by atoms with Gasteiger partial charge >= 0.3 is 0 Å². The fourth-order valence-electron chi connectivity index (χ4n) is 3.53. The minimum atomic E-state index is 0.247. The Labute approximate surface area is 165 Å². The van der Waals surface area contributed by atoms with E-state index in [-0.39, 0.29) is 5.76 Å². The number of rotatable bonds is 3. The van der Waals surface area contributed by atoms with Gasteiger partial charge in [0.2, 0.25) is 0 Å². The predicted octanol–water partition coefficient (Wildman–Crippen LogP) is 4.84. The van der Waals surface area contributed by atoms with Crippen molar-refractivity contribution in [2.75, 3.05) is 19.6 Å². The van der Waals surface area contributed by atoms with Crippen LogP contribution in [0.4, 0.5) is 0 Å². The zero-order valence-electron chi connectivity index (χ0n) is 14.6. The smallest absolute Gasteiger partial charge is 0.149 e. The summed E-state index contributed by atoms with van der Waals surface area (Å²) in [7, 11) is 0. The van der Waals surface area contributed by atoms with Crippen molar-refractivity contribution in [2.24, 2.45) is 0 Å². The molecule has 136 valence electrons. The minimum Gasteiger partial charge on any atom is -0.509 e. The molecule has 4 rings (SSSR count). The van der Waals surface area contributed by atoms with Crippen molar-refractivity contribution in [3.05, 3.63) is 44.4 Å². The Morgan fingerprint density at radius 3 is 2.54 bits per heavy atom. The molecule has 0 unspecified atom stereocenters. The fraction of sp³-hybridized carbons (Fsp3) is 0.368. The van der Waals surface area contributed by atoms with Crippen LogP contribution in [0.5, 0.6) is 0 Å². The van der Waals surface area contributed by atoms with E-state index >= 15 is 0 Å². The van der Waals surface area contributed by atoms with Crippen molar-refractivity contribution in [2.45, 2.75) is 26.2 Å². The SMILES string of the molecule is Cc1sc(C2=C(O)CN(N3CCCCC3)C2=N)nc1-c1ccc(Br)cc1. The van der Waals surface area contributed by atoms with Crippen molar-refractivity contribution < 1.29 is 5.11 Å². The van der Waals surface area contributed by atoms with Crippen LogP contribution in [0.25, 0.3) is 16.8 Å². The van der Waals surface area contributed by atoms with E-state index < -0.39 is 0 Å². The highest BCUT2D eigenvalue weighted by Crippen LogP contribution is 2.36. The average molecular weight is 433 g/mol. The number of aromatic nitrogens is 1. The third-order valence-corrected chi connectivity index (χ3v) is 6.40. The molecule has 1 saturated heterocycles. The van der Waals surface area contributed by atoms with E-state index in [9.17, 15) is 5.11 Å². The molecule has 0 spiro atoms. The summed E-state index contributed by atoms with van der Waals surface area (Å²) in [5.41, 5.74) is 2.54. The van der Waals surface area contributed by atoms with Crippen LogP contribution in [0.1, 0.15) is 29.1 Å². The van der Waals surface area contributed by atoms with E-state index in [1.807, 2.05) is 36.2 Å². The van der Waals surface area contributed by atoms with Crippen LogP contribution < -0.4 is 0 Å². The third-order valence-electron chi connectivity index (χ3n) is 4.89. The van der Waals surface area contributed by atoms with Crippen molar-refractivity contribution in [3.8, 4) is 11.3 Å². The normalized spacial score (nSPS) is 18.8. The first kappa shape index (κ1) is 17.7.